The molecule has 0 N–H and O–H groups in total. The van der Waals surface area contributed by atoms with Crippen LogP contribution >= 0.6 is 11.6 Å². The first-order valence-corrected chi connectivity index (χ1v) is 4.92. The van der Waals surface area contributed by atoms with Crippen molar-refractivity contribution in [2.24, 2.45) is 0 Å². The molecule has 0 aliphatic rings. The van der Waals surface area contributed by atoms with Crippen LogP contribution in [0.15, 0.2) is 12.1 Å². The van der Waals surface area contributed by atoms with Crippen LogP contribution in [0.3, 0.4) is 0 Å². The third kappa shape index (κ3) is 2.08. The first-order chi connectivity index (χ1) is 6.36. The molecule has 0 radical (unpaired) electrons. The van der Waals surface area contributed by atoms with Crippen molar-refractivity contribution in [2.75, 3.05) is 0 Å². The van der Waals surface area contributed by atoms with Crippen LogP contribution in [0.5, 0.6) is 0 Å². The van der Waals surface area contributed by atoms with Gasteiger partial charge in [0, 0.05) is 5.02 Å². The summed E-state index contributed by atoms with van der Waals surface area (Å²) in [6.45, 7) is 15.3. The number of hydrogen-bond donors (Lipinski definition) is 0. The monoisotopic (exact) mass is 207 g/mol. The Kier molecular flexibility index (Phi) is 2.87. The number of halogens is 1. The minimum Gasteiger partial charge on any atom is -0.236 e. The summed E-state index contributed by atoms with van der Waals surface area (Å²) in [5.41, 5.74) is 2.78. The molecule has 0 heterocycles. The van der Waals surface area contributed by atoms with E-state index in [1.165, 1.54) is 5.56 Å². The second-order valence-corrected chi connectivity index (χ2v) is 4.89. The molecule has 0 fully saturated rings. The number of rotatable bonds is 0. The molecule has 1 aromatic carbocycles. The summed E-state index contributed by atoms with van der Waals surface area (Å²) in [6, 6.07) is 3.93. The molecule has 1 aromatic rings. The minimum absolute atomic E-state index is 0.0783. The summed E-state index contributed by atoms with van der Waals surface area (Å²) in [7, 11) is 0. The Morgan fingerprint density at radius 2 is 1.86 bits per heavy atom. The second kappa shape index (κ2) is 3.63. The fourth-order valence-electron chi connectivity index (χ4n) is 1.31. The molecular weight excluding hydrogens is 194 g/mol. The van der Waals surface area contributed by atoms with E-state index in [2.05, 4.69) is 25.6 Å². The van der Waals surface area contributed by atoms with Crippen LogP contribution in [-0.4, -0.2) is 0 Å². The summed E-state index contributed by atoms with van der Waals surface area (Å²) < 4.78 is 0. The zero-order valence-corrected chi connectivity index (χ0v) is 9.74. The molecule has 0 aliphatic carbocycles. The van der Waals surface area contributed by atoms with Gasteiger partial charge in [0.2, 0.25) is 5.69 Å². The summed E-state index contributed by atoms with van der Waals surface area (Å²) in [5.74, 6) is 0. The van der Waals surface area contributed by atoms with Crippen molar-refractivity contribution in [3.8, 4) is 0 Å². The van der Waals surface area contributed by atoms with Gasteiger partial charge in [-0.3, -0.25) is 0 Å². The van der Waals surface area contributed by atoms with Crippen molar-refractivity contribution in [1.29, 1.82) is 0 Å². The van der Waals surface area contributed by atoms with E-state index in [4.69, 9.17) is 18.2 Å². The average molecular weight is 208 g/mol. The molecule has 0 spiro atoms. The largest absolute Gasteiger partial charge is 0.236 e. The Hall–Kier alpha value is -1.00. The van der Waals surface area contributed by atoms with Gasteiger partial charge in [-0.1, -0.05) is 44.5 Å². The Bertz CT molecular complexity index is 371. The van der Waals surface area contributed by atoms with E-state index in [1.54, 1.807) is 0 Å². The molecule has 0 bridgehead atoms. The van der Waals surface area contributed by atoms with E-state index < -0.39 is 0 Å². The van der Waals surface area contributed by atoms with Gasteiger partial charge in [0.1, 0.15) is 0 Å². The van der Waals surface area contributed by atoms with Gasteiger partial charge in [0.15, 0.2) is 0 Å². The van der Waals surface area contributed by atoms with Crippen molar-refractivity contribution in [2.45, 2.75) is 33.1 Å². The molecule has 74 valence electrons. The SMILES string of the molecule is [C-]#[N+]c1c(C)cc(C(C)(C)C)cc1Cl. The van der Waals surface area contributed by atoms with Crippen LogP contribution < -0.4 is 0 Å². The Morgan fingerprint density at radius 1 is 1.29 bits per heavy atom. The predicted molar refractivity (Wildman–Crippen MR) is 61.2 cm³/mol. The zero-order valence-electron chi connectivity index (χ0n) is 8.98. The van der Waals surface area contributed by atoms with Gasteiger partial charge in [-0.25, -0.2) is 4.85 Å². The van der Waals surface area contributed by atoms with E-state index in [1.807, 2.05) is 19.1 Å². The average Bonchev–Trinajstić information content (AvgIpc) is 2.01. The third-order valence-electron chi connectivity index (χ3n) is 2.23. The number of hydrogen-bond acceptors (Lipinski definition) is 0. The van der Waals surface area contributed by atoms with Crippen LogP contribution in [0.4, 0.5) is 5.69 Å². The van der Waals surface area contributed by atoms with E-state index in [-0.39, 0.29) is 5.41 Å². The van der Waals surface area contributed by atoms with Crippen molar-refractivity contribution < 1.29 is 0 Å². The molecule has 0 atom stereocenters. The van der Waals surface area contributed by atoms with Gasteiger partial charge in [-0.15, -0.1) is 0 Å². The molecule has 14 heavy (non-hydrogen) atoms. The van der Waals surface area contributed by atoms with E-state index >= 15 is 0 Å². The van der Waals surface area contributed by atoms with Gasteiger partial charge in [-0.05, 0) is 23.5 Å². The summed E-state index contributed by atoms with van der Waals surface area (Å²) >= 11 is 6.03. The minimum atomic E-state index is 0.0783. The number of nitrogens with zero attached hydrogens (tertiary/aromatic N) is 1. The second-order valence-electron chi connectivity index (χ2n) is 4.49. The number of aryl methyl sites for hydroxylation is 1. The van der Waals surface area contributed by atoms with Crippen molar-refractivity contribution in [3.05, 3.63) is 39.7 Å². The highest BCUT2D eigenvalue weighted by Crippen LogP contribution is 2.34. The topological polar surface area (TPSA) is 4.36 Å². The Morgan fingerprint density at radius 3 is 2.21 bits per heavy atom. The lowest BCUT2D eigenvalue weighted by Gasteiger charge is -2.20. The fraction of sp³-hybridized carbons (Fsp3) is 0.417. The number of benzene rings is 1. The Balaban J connectivity index is 3.37. The maximum atomic E-state index is 6.99. The van der Waals surface area contributed by atoms with Crippen molar-refractivity contribution >= 4 is 17.3 Å². The van der Waals surface area contributed by atoms with Crippen LogP contribution in [0.1, 0.15) is 31.9 Å². The van der Waals surface area contributed by atoms with Crippen molar-refractivity contribution in [3.63, 3.8) is 0 Å². The molecule has 0 unspecified atom stereocenters. The summed E-state index contributed by atoms with van der Waals surface area (Å²) in [6.07, 6.45) is 0. The lowest BCUT2D eigenvalue weighted by molar-refractivity contribution is 0.590. The molecule has 0 aliphatic heterocycles. The smallest absolute Gasteiger partial charge is 0.208 e. The molecule has 0 saturated heterocycles. The van der Waals surface area contributed by atoms with Gasteiger partial charge in [0.05, 0.1) is 6.57 Å². The predicted octanol–water partition coefficient (Wildman–Crippen LogP) is 4.50. The van der Waals surface area contributed by atoms with E-state index in [9.17, 15) is 0 Å². The third-order valence-corrected chi connectivity index (χ3v) is 2.52. The summed E-state index contributed by atoms with van der Waals surface area (Å²) in [5, 5.41) is 0.560. The molecule has 1 nitrogen and oxygen atoms in total. The van der Waals surface area contributed by atoms with Crippen molar-refractivity contribution in [1.82, 2.24) is 0 Å². The first-order valence-electron chi connectivity index (χ1n) is 4.54. The molecular formula is C12H14ClN. The van der Waals surface area contributed by atoms with Crippen LogP contribution in [0.2, 0.25) is 5.02 Å². The quantitative estimate of drug-likeness (QED) is 0.552. The molecule has 2 heteroatoms. The lowest BCUT2D eigenvalue weighted by atomic mass is 9.86. The molecule has 0 saturated carbocycles. The lowest BCUT2D eigenvalue weighted by Crippen LogP contribution is -2.11. The van der Waals surface area contributed by atoms with Gasteiger partial charge >= 0.3 is 0 Å². The highest BCUT2D eigenvalue weighted by atomic mass is 35.5. The van der Waals surface area contributed by atoms with E-state index in [0.717, 1.165) is 5.56 Å². The maximum absolute atomic E-state index is 6.99. The zero-order chi connectivity index (χ0) is 10.9. The fourth-order valence-corrected chi connectivity index (χ4v) is 1.62. The maximum Gasteiger partial charge on any atom is 0.208 e. The first kappa shape index (κ1) is 11.1. The molecule has 0 aromatic heterocycles. The van der Waals surface area contributed by atoms with Gasteiger partial charge < -0.3 is 0 Å². The van der Waals surface area contributed by atoms with Gasteiger partial charge in [0.25, 0.3) is 0 Å². The highest BCUT2D eigenvalue weighted by Gasteiger charge is 2.16. The Labute approximate surface area is 90.5 Å². The van der Waals surface area contributed by atoms with Crippen LogP contribution in [-0.2, 0) is 5.41 Å². The molecule has 1 rings (SSSR count). The van der Waals surface area contributed by atoms with Crippen LogP contribution in [0.25, 0.3) is 4.85 Å². The normalized spacial score (nSPS) is 11.1. The van der Waals surface area contributed by atoms with Gasteiger partial charge in [-0.2, -0.15) is 0 Å². The van der Waals surface area contributed by atoms with Crippen LogP contribution in [0, 0.1) is 13.5 Å². The standard InChI is InChI=1S/C12H14ClN/c1-8-6-9(12(2,3)4)7-10(13)11(8)14-5/h6-7H,1-4H3. The summed E-state index contributed by atoms with van der Waals surface area (Å²) in [4.78, 5) is 3.41. The highest BCUT2D eigenvalue weighted by molar-refractivity contribution is 6.33. The van der Waals surface area contributed by atoms with E-state index in [0.29, 0.717) is 10.7 Å². The molecule has 0 amide bonds.